The number of benzene rings is 1. The van der Waals surface area contributed by atoms with Crippen LogP contribution in [0.4, 0.5) is 11.7 Å². The van der Waals surface area contributed by atoms with Crippen molar-refractivity contribution in [3.63, 3.8) is 0 Å². The number of piperidine rings is 1. The average Bonchev–Trinajstić information content (AvgIpc) is 2.89. The number of nitrogens with two attached hydrogens (primary N) is 1. The maximum Gasteiger partial charge on any atom is 0.298 e. The molecule has 0 spiro atoms. The van der Waals surface area contributed by atoms with E-state index in [4.69, 9.17) is 10.2 Å². The van der Waals surface area contributed by atoms with Crippen molar-refractivity contribution in [3.05, 3.63) is 28.3 Å². The van der Waals surface area contributed by atoms with E-state index in [2.05, 4.69) is 9.88 Å². The molecule has 7 nitrogen and oxygen atoms in total. The van der Waals surface area contributed by atoms with Crippen molar-refractivity contribution in [2.45, 2.75) is 38.3 Å². The normalized spacial score (nSPS) is 20.7. The van der Waals surface area contributed by atoms with Gasteiger partial charge in [0.2, 0.25) is 0 Å². The highest BCUT2D eigenvalue weighted by atomic mass is 16.6. The number of hydrogen-bond donors (Lipinski definition) is 1. The number of nitrogens with zero attached hydrogens (tertiary/aromatic N) is 3. The molecule has 2 aromatic rings. The molecule has 1 aromatic carbocycles. The van der Waals surface area contributed by atoms with Gasteiger partial charge in [0.05, 0.1) is 4.92 Å². The molecular formula is C14H18N4O3. The lowest BCUT2D eigenvalue weighted by molar-refractivity contribution is -0.384. The Balaban J connectivity index is 1.97. The molecule has 2 N–H and O–H groups in total. The lowest BCUT2D eigenvalue weighted by Gasteiger charge is -2.36. The molecule has 0 radical (unpaired) electrons. The van der Waals surface area contributed by atoms with Crippen LogP contribution in [0, 0.1) is 10.1 Å². The minimum Gasteiger partial charge on any atom is -0.423 e. The zero-order valence-corrected chi connectivity index (χ0v) is 11.9. The lowest BCUT2D eigenvalue weighted by atomic mass is 9.97. The Hall–Kier alpha value is -2.15. The van der Waals surface area contributed by atoms with Gasteiger partial charge in [-0.1, -0.05) is 0 Å². The standard InChI is InChI=1S/C14H18N4O3/c1-9(15)12-4-2-3-7-17(12)14-16-11-8-10(18(19)20)5-6-13(11)21-14/h5-6,8-9,12H,2-4,7,15H2,1H3. The van der Waals surface area contributed by atoms with E-state index in [1.54, 1.807) is 6.07 Å². The zero-order chi connectivity index (χ0) is 15.0. The number of fused-ring (bicyclic) bond motifs is 1. The molecule has 2 unspecified atom stereocenters. The van der Waals surface area contributed by atoms with Crippen LogP contribution in [0.3, 0.4) is 0 Å². The van der Waals surface area contributed by atoms with Gasteiger partial charge in [-0.25, -0.2) is 0 Å². The predicted octanol–water partition coefficient (Wildman–Crippen LogP) is 2.44. The van der Waals surface area contributed by atoms with Crippen LogP contribution in [-0.4, -0.2) is 28.5 Å². The van der Waals surface area contributed by atoms with Crippen LogP contribution in [0.15, 0.2) is 22.6 Å². The smallest absolute Gasteiger partial charge is 0.298 e. The Morgan fingerprint density at radius 1 is 1.52 bits per heavy atom. The molecule has 21 heavy (non-hydrogen) atoms. The van der Waals surface area contributed by atoms with Gasteiger partial charge in [-0.15, -0.1) is 0 Å². The van der Waals surface area contributed by atoms with Gasteiger partial charge in [0.25, 0.3) is 11.7 Å². The minimum absolute atomic E-state index is 0.0183. The Bertz CT molecular complexity index is 667. The third-order valence-corrected chi connectivity index (χ3v) is 3.97. The largest absolute Gasteiger partial charge is 0.423 e. The van der Waals surface area contributed by atoms with Gasteiger partial charge in [-0.2, -0.15) is 4.98 Å². The first-order valence-electron chi connectivity index (χ1n) is 7.13. The Kier molecular flexibility index (Phi) is 3.50. The number of nitro benzene ring substituents is 1. The second kappa shape index (κ2) is 5.33. The molecule has 2 heterocycles. The Morgan fingerprint density at radius 2 is 2.33 bits per heavy atom. The van der Waals surface area contributed by atoms with Crippen molar-refractivity contribution in [3.8, 4) is 0 Å². The summed E-state index contributed by atoms with van der Waals surface area (Å²) in [7, 11) is 0. The van der Waals surface area contributed by atoms with Gasteiger partial charge in [-0.05, 0) is 32.3 Å². The summed E-state index contributed by atoms with van der Waals surface area (Å²) in [5, 5.41) is 10.8. The van der Waals surface area contributed by atoms with Gasteiger partial charge in [0.1, 0.15) is 5.52 Å². The molecule has 1 aliphatic heterocycles. The molecule has 112 valence electrons. The molecule has 7 heteroatoms. The van der Waals surface area contributed by atoms with Crippen molar-refractivity contribution in [1.82, 2.24) is 4.98 Å². The van der Waals surface area contributed by atoms with E-state index in [0.717, 1.165) is 25.8 Å². The third-order valence-electron chi connectivity index (χ3n) is 3.97. The van der Waals surface area contributed by atoms with E-state index in [1.807, 2.05) is 6.92 Å². The summed E-state index contributed by atoms with van der Waals surface area (Å²) < 4.78 is 5.76. The SMILES string of the molecule is CC(N)C1CCCCN1c1nc2cc([N+](=O)[O-])ccc2o1. The molecule has 1 fully saturated rings. The quantitative estimate of drug-likeness (QED) is 0.688. The molecular weight excluding hydrogens is 272 g/mol. The summed E-state index contributed by atoms with van der Waals surface area (Å²) in [6.45, 7) is 2.83. The van der Waals surface area contributed by atoms with Crippen molar-refractivity contribution >= 4 is 22.8 Å². The van der Waals surface area contributed by atoms with Crippen LogP contribution in [0.25, 0.3) is 11.1 Å². The van der Waals surface area contributed by atoms with E-state index in [1.165, 1.54) is 12.1 Å². The van der Waals surface area contributed by atoms with Crippen molar-refractivity contribution in [2.75, 3.05) is 11.4 Å². The molecule has 1 aromatic heterocycles. The summed E-state index contributed by atoms with van der Waals surface area (Å²) in [4.78, 5) is 16.9. The number of anilines is 1. The van der Waals surface area contributed by atoms with Crippen LogP contribution in [0.5, 0.6) is 0 Å². The number of non-ortho nitro benzene ring substituents is 1. The van der Waals surface area contributed by atoms with E-state index < -0.39 is 4.92 Å². The number of aromatic nitrogens is 1. The number of nitro groups is 1. The molecule has 0 saturated carbocycles. The second-order valence-corrected chi connectivity index (χ2v) is 5.52. The molecule has 0 bridgehead atoms. The fourth-order valence-electron chi connectivity index (χ4n) is 2.88. The Morgan fingerprint density at radius 3 is 3.05 bits per heavy atom. The second-order valence-electron chi connectivity index (χ2n) is 5.52. The molecule has 0 amide bonds. The maximum absolute atomic E-state index is 10.8. The fourth-order valence-corrected chi connectivity index (χ4v) is 2.88. The maximum atomic E-state index is 10.8. The first-order valence-corrected chi connectivity index (χ1v) is 7.13. The van der Waals surface area contributed by atoms with E-state index in [-0.39, 0.29) is 17.8 Å². The van der Waals surface area contributed by atoms with Crippen molar-refractivity contribution < 1.29 is 9.34 Å². The monoisotopic (exact) mass is 290 g/mol. The van der Waals surface area contributed by atoms with Crippen LogP contribution in [0.2, 0.25) is 0 Å². The molecule has 3 rings (SSSR count). The fraction of sp³-hybridized carbons (Fsp3) is 0.500. The molecule has 2 atom stereocenters. The summed E-state index contributed by atoms with van der Waals surface area (Å²) in [6, 6.07) is 5.18. The zero-order valence-electron chi connectivity index (χ0n) is 11.9. The number of rotatable bonds is 3. The summed E-state index contributed by atoms with van der Waals surface area (Å²) in [5.74, 6) is 0. The van der Waals surface area contributed by atoms with Gasteiger partial charge < -0.3 is 15.1 Å². The molecule has 0 aliphatic carbocycles. The predicted molar refractivity (Wildman–Crippen MR) is 79.3 cm³/mol. The van der Waals surface area contributed by atoms with Crippen LogP contribution < -0.4 is 10.6 Å². The van der Waals surface area contributed by atoms with Gasteiger partial charge in [-0.3, -0.25) is 10.1 Å². The Labute approximate surface area is 121 Å². The third kappa shape index (κ3) is 2.56. The number of hydrogen-bond acceptors (Lipinski definition) is 6. The summed E-state index contributed by atoms with van der Waals surface area (Å²) in [6.07, 6.45) is 3.23. The molecule has 1 saturated heterocycles. The minimum atomic E-state index is -0.431. The van der Waals surface area contributed by atoms with Crippen LogP contribution in [-0.2, 0) is 0 Å². The van der Waals surface area contributed by atoms with Gasteiger partial charge >= 0.3 is 0 Å². The van der Waals surface area contributed by atoms with E-state index in [9.17, 15) is 10.1 Å². The van der Waals surface area contributed by atoms with Crippen LogP contribution in [0.1, 0.15) is 26.2 Å². The van der Waals surface area contributed by atoms with Crippen molar-refractivity contribution in [1.29, 1.82) is 0 Å². The topological polar surface area (TPSA) is 98.4 Å². The highest BCUT2D eigenvalue weighted by molar-refractivity contribution is 5.77. The highest BCUT2D eigenvalue weighted by Crippen LogP contribution is 2.30. The summed E-state index contributed by atoms with van der Waals surface area (Å²) in [5.41, 5.74) is 7.14. The van der Waals surface area contributed by atoms with Gasteiger partial charge in [0, 0.05) is 30.8 Å². The van der Waals surface area contributed by atoms with Crippen molar-refractivity contribution in [2.24, 2.45) is 5.73 Å². The van der Waals surface area contributed by atoms with E-state index >= 15 is 0 Å². The number of oxazole rings is 1. The van der Waals surface area contributed by atoms with Crippen LogP contribution >= 0.6 is 0 Å². The summed E-state index contributed by atoms with van der Waals surface area (Å²) >= 11 is 0. The first kappa shape index (κ1) is 13.8. The average molecular weight is 290 g/mol. The highest BCUT2D eigenvalue weighted by Gasteiger charge is 2.29. The molecule has 1 aliphatic rings. The first-order chi connectivity index (χ1) is 10.1. The lowest BCUT2D eigenvalue weighted by Crippen LogP contribution is -2.49. The van der Waals surface area contributed by atoms with E-state index in [0.29, 0.717) is 17.1 Å². The van der Waals surface area contributed by atoms with Gasteiger partial charge in [0.15, 0.2) is 5.58 Å².